The molecule has 0 aromatic rings. The number of aliphatic hydroxyl groups excluding tert-OH is 2. The Morgan fingerprint density at radius 2 is 1.81 bits per heavy atom. The molecule has 0 spiro atoms. The Morgan fingerprint density at radius 1 is 1.12 bits per heavy atom. The lowest BCUT2D eigenvalue weighted by Gasteiger charge is -2.44. The van der Waals surface area contributed by atoms with Gasteiger partial charge >= 0.3 is 0 Å². The van der Waals surface area contributed by atoms with Crippen LogP contribution in [0.5, 0.6) is 0 Å². The summed E-state index contributed by atoms with van der Waals surface area (Å²) in [7, 11) is 0. The van der Waals surface area contributed by atoms with E-state index in [9.17, 15) is 10.2 Å². The van der Waals surface area contributed by atoms with Gasteiger partial charge in [-0.3, -0.25) is 0 Å². The summed E-state index contributed by atoms with van der Waals surface area (Å²) in [4.78, 5) is 0. The molecule has 182 valence electrons. The topological polar surface area (TPSA) is 49.7 Å². The number of aliphatic hydroxyl groups is 2. The number of allylic oxidation sites excluding steroid dienone is 3. The van der Waals surface area contributed by atoms with Crippen LogP contribution < -0.4 is 0 Å². The van der Waals surface area contributed by atoms with E-state index in [0.717, 1.165) is 18.1 Å². The Bertz CT molecular complexity index is 673. The van der Waals surface area contributed by atoms with Gasteiger partial charge in [-0.05, 0) is 93.5 Å². The van der Waals surface area contributed by atoms with Crippen molar-refractivity contribution in [3.8, 4) is 0 Å². The van der Waals surface area contributed by atoms with Crippen molar-refractivity contribution >= 4 is 0 Å². The van der Waals surface area contributed by atoms with Crippen molar-refractivity contribution in [2.45, 2.75) is 117 Å². The summed E-state index contributed by atoms with van der Waals surface area (Å²) in [5.74, 6) is 2.13. The molecule has 5 unspecified atom stereocenters. The molecule has 0 heterocycles. The lowest BCUT2D eigenvalue weighted by molar-refractivity contribution is -0.0268. The Labute approximate surface area is 197 Å². The molecule has 3 nitrogen and oxygen atoms in total. The molecule has 0 aliphatic heterocycles. The van der Waals surface area contributed by atoms with Crippen molar-refractivity contribution < 1.29 is 14.9 Å². The summed E-state index contributed by atoms with van der Waals surface area (Å²) < 4.78 is 6.41. The molecular weight excluding hydrogens is 396 g/mol. The summed E-state index contributed by atoms with van der Waals surface area (Å²) in [5, 5.41) is 20.3. The normalized spacial score (nSPS) is 36.8. The van der Waals surface area contributed by atoms with Crippen LogP contribution in [0.25, 0.3) is 0 Å². The minimum absolute atomic E-state index is 0.331. The Hall–Kier alpha value is -0.900. The molecule has 0 amide bonds. The number of ether oxygens (including phenoxy) is 1. The highest BCUT2D eigenvalue weighted by Crippen LogP contribution is 2.58. The molecule has 32 heavy (non-hydrogen) atoms. The van der Waals surface area contributed by atoms with E-state index in [1.54, 1.807) is 5.57 Å². The van der Waals surface area contributed by atoms with E-state index in [0.29, 0.717) is 41.8 Å². The van der Waals surface area contributed by atoms with Gasteiger partial charge in [-0.15, -0.1) is 0 Å². The molecule has 3 fully saturated rings. The minimum Gasteiger partial charge on any atom is -0.388 e. The first-order valence-corrected chi connectivity index (χ1v) is 13.3. The maximum atomic E-state index is 10.2. The predicted octanol–water partition coefficient (Wildman–Crippen LogP) is 6.75. The van der Waals surface area contributed by atoms with Crippen LogP contribution in [0.1, 0.15) is 98.3 Å². The maximum Gasteiger partial charge on any atom is 0.0809 e. The summed E-state index contributed by atoms with van der Waals surface area (Å²) >= 11 is 0. The standard InChI is InChI=1S/C29H48O3/c1-6-22(7-2)10-9-17-32-21(4)25-14-15-26-24(11-8-16-29(25,26)5)13-12-23-18-27(30)20(3)28(31)19-23/h12-13,21-22,25-28,30-31H,3,6-11,14-19H2,1-2,4-5H3/b23-12?,24-13+/t21?,25?,26?,27-,28?,29?/m1/s1. The van der Waals surface area contributed by atoms with Gasteiger partial charge in [0.15, 0.2) is 0 Å². The highest BCUT2D eigenvalue weighted by atomic mass is 16.5. The molecule has 3 aliphatic rings. The summed E-state index contributed by atoms with van der Waals surface area (Å²) in [6, 6.07) is 0. The van der Waals surface area contributed by atoms with Gasteiger partial charge in [0.05, 0.1) is 18.3 Å². The second-order valence-corrected chi connectivity index (χ2v) is 11.1. The third-order valence-corrected chi connectivity index (χ3v) is 9.20. The van der Waals surface area contributed by atoms with Crippen molar-refractivity contribution in [1.82, 2.24) is 0 Å². The van der Waals surface area contributed by atoms with Gasteiger partial charge in [-0.1, -0.05) is 63.5 Å². The molecule has 6 atom stereocenters. The van der Waals surface area contributed by atoms with Gasteiger partial charge in [-0.2, -0.15) is 0 Å². The molecule has 3 heteroatoms. The second-order valence-electron chi connectivity index (χ2n) is 11.1. The van der Waals surface area contributed by atoms with Crippen molar-refractivity contribution in [2.75, 3.05) is 6.61 Å². The Kier molecular flexibility index (Phi) is 9.23. The summed E-state index contributed by atoms with van der Waals surface area (Å²) in [6.07, 6.45) is 16.1. The highest BCUT2D eigenvalue weighted by molar-refractivity contribution is 5.29. The maximum absolute atomic E-state index is 10.2. The highest BCUT2D eigenvalue weighted by Gasteiger charge is 2.51. The molecule has 0 aromatic heterocycles. The lowest BCUT2D eigenvalue weighted by atomic mass is 9.62. The van der Waals surface area contributed by atoms with E-state index in [1.807, 2.05) is 0 Å². The molecule has 0 radical (unpaired) electrons. The molecule has 2 N–H and O–H groups in total. The van der Waals surface area contributed by atoms with Crippen molar-refractivity contribution in [3.63, 3.8) is 0 Å². The van der Waals surface area contributed by atoms with Crippen LogP contribution in [-0.2, 0) is 4.74 Å². The van der Waals surface area contributed by atoms with Gasteiger partial charge in [0, 0.05) is 6.61 Å². The average molecular weight is 445 g/mol. The number of fused-ring (bicyclic) bond motifs is 1. The van der Waals surface area contributed by atoms with Gasteiger partial charge in [0.25, 0.3) is 0 Å². The van der Waals surface area contributed by atoms with Gasteiger partial charge in [0.2, 0.25) is 0 Å². The van der Waals surface area contributed by atoms with Crippen LogP contribution in [0, 0.1) is 23.2 Å². The largest absolute Gasteiger partial charge is 0.388 e. The third-order valence-electron chi connectivity index (χ3n) is 9.20. The number of hydrogen-bond donors (Lipinski definition) is 2. The van der Waals surface area contributed by atoms with E-state index in [1.165, 1.54) is 57.8 Å². The molecule has 3 saturated carbocycles. The van der Waals surface area contributed by atoms with Crippen LogP contribution in [0.4, 0.5) is 0 Å². The van der Waals surface area contributed by atoms with Crippen LogP contribution in [0.2, 0.25) is 0 Å². The second kappa shape index (κ2) is 11.5. The van der Waals surface area contributed by atoms with Crippen molar-refractivity contribution in [3.05, 3.63) is 35.5 Å². The van der Waals surface area contributed by atoms with E-state index < -0.39 is 12.2 Å². The first-order chi connectivity index (χ1) is 15.3. The third kappa shape index (κ3) is 5.77. The zero-order chi connectivity index (χ0) is 23.3. The fourth-order valence-corrected chi connectivity index (χ4v) is 6.93. The van der Waals surface area contributed by atoms with Crippen molar-refractivity contribution in [2.24, 2.45) is 23.2 Å². The smallest absolute Gasteiger partial charge is 0.0809 e. The predicted molar refractivity (Wildman–Crippen MR) is 133 cm³/mol. The molecule has 3 rings (SSSR count). The van der Waals surface area contributed by atoms with E-state index in [2.05, 4.69) is 46.4 Å². The minimum atomic E-state index is -0.612. The monoisotopic (exact) mass is 444 g/mol. The van der Waals surface area contributed by atoms with E-state index in [-0.39, 0.29) is 0 Å². The first-order valence-electron chi connectivity index (χ1n) is 13.3. The van der Waals surface area contributed by atoms with Gasteiger partial charge in [-0.25, -0.2) is 0 Å². The molecule has 0 saturated heterocycles. The van der Waals surface area contributed by atoms with E-state index >= 15 is 0 Å². The van der Waals surface area contributed by atoms with Crippen LogP contribution in [-0.4, -0.2) is 35.1 Å². The average Bonchev–Trinajstić information content (AvgIpc) is 3.13. The zero-order valence-corrected chi connectivity index (χ0v) is 21.1. The molecule has 0 aromatic carbocycles. The lowest BCUT2D eigenvalue weighted by Crippen LogP contribution is -2.38. The van der Waals surface area contributed by atoms with Gasteiger partial charge in [0.1, 0.15) is 0 Å². The quantitative estimate of drug-likeness (QED) is 0.305. The SMILES string of the molecule is C=C1C(O)CC(=C/C=C2\CCCC3(C)C2CCC3C(C)OCCCC(CC)CC)C[C@H]1O. The fraction of sp³-hybridized carbons (Fsp3) is 0.793. The summed E-state index contributed by atoms with van der Waals surface area (Å²) in [5.41, 5.74) is 3.61. The fourth-order valence-electron chi connectivity index (χ4n) is 6.93. The zero-order valence-electron chi connectivity index (χ0n) is 21.1. The number of hydrogen-bond acceptors (Lipinski definition) is 3. The van der Waals surface area contributed by atoms with Crippen molar-refractivity contribution in [1.29, 1.82) is 0 Å². The first kappa shape index (κ1) is 25.7. The van der Waals surface area contributed by atoms with Crippen LogP contribution in [0.3, 0.4) is 0 Å². The summed E-state index contributed by atoms with van der Waals surface area (Å²) in [6.45, 7) is 14.2. The van der Waals surface area contributed by atoms with Crippen LogP contribution in [0.15, 0.2) is 35.5 Å². The molecule has 0 bridgehead atoms. The Morgan fingerprint density at radius 3 is 2.47 bits per heavy atom. The van der Waals surface area contributed by atoms with E-state index in [4.69, 9.17) is 4.74 Å². The Balaban J connectivity index is 1.60. The molecular formula is C29H48O3. The van der Waals surface area contributed by atoms with Gasteiger partial charge < -0.3 is 14.9 Å². The van der Waals surface area contributed by atoms with Crippen LogP contribution >= 0.6 is 0 Å². The number of rotatable bonds is 9. The molecule has 3 aliphatic carbocycles.